The Kier molecular flexibility index (Phi) is 8.52. The second-order valence-corrected chi connectivity index (χ2v) is 5.63. The number of carboxylic acids is 1. The zero-order valence-corrected chi connectivity index (χ0v) is 14.0. The zero-order valence-electron chi connectivity index (χ0n) is 14.0. The van der Waals surface area contributed by atoms with Gasteiger partial charge in [-0.1, -0.05) is 27.2 Å². The molecule has 0 aliphatic carbocycles. The third-order valence-corrected chi connectivity index (χ3v) is 3.54. The van der Waals surface area contributed by atoms with Gasteiger partial charge in [0.2, 0.25) is 6.29 Å². The van der Waals surface area contributed by atoms with Crippen molar-refractivity contribution in [1.29, 1.82) is 0 Å². The predicted octanol–water partition coefficient (Wildman–Crippen LogP) is 2.68. The van der Waals surface area contributed by atoms with Crippen LogP contribution in [-0.2, 0) is 19.1 Å². The van der Waals surface area contributed by atoms with Crippen LogP contribution in [0.4, 0.5) is 4.79 Å². The second-order valence-electron chi connectivity index (χ2n) is 5.63. The molecule has 0 aromatic heterocycles. The molecule has 0 unspecified atom stereocenters. The second kappa shape index (κ2) is 9.27. The van der Waals surface area contributed by atoms with Crippen LogP contribution < -0.4 is 5.32 Å². The minimum atomic E-state index is -1.42. The van der Waals surface area contributed by atoms with Crippen molar-refractivity contribution in [3.8, 4) is 0 Å². The minimum Gasteiger partial charge on any atom is -0.480 e. The number of hydrogen-bond donors (Lipinski definition) is 2. The number of hydrogen-bond acceptors (Lipinski definition) is 5. The van der Waals surface area contributed by atoms with Crippen molar-refractivity contribution in [3.63, 3.8) is 0 Å². The highest BCUT2D eigenvalue weighted by Gasteiger charge is 2.35. The van der Waals surface area contributed by atoms with Gasteiger partial charge in [-0.15, -0.1) is 0 Å². The Hall–Kier alpha value is -1.79. The quantitative estimate of drug-likeness (QED) is 0.501. The molecular weight excluding hydrogens is 290 g/mol. The maximum Gasteiger partial charge on any atom is 0.411 e. The zero-order chi connectivity index (χ0) is 17.3. The highest BCUT2D eigenvalue weighted by atomic mass is 16.7. The Morgan fingerprint density at radius 1 is 1.18 bits per heavy atom. The fraction of sp³-hybridized carbons (Fsp3) is 0.800. The molecule has 0 aromatic carbocycles. The van der Waals surface area contributed by atoms with Crippen molar-refractivity contribution in [3.05, 3.63) is 0 Å². The Morgan fingerprint density at radius 3 is 2.23 bits per heavy atom. The van der Waals surface area contributed by atoms with Crippen molar-refractivity contribution in [1.82, 2.24) is 5.32 Å². The van der Waals surface area contributed by atoms with Gasteiger partial charge >= 0.3 is 18.0 Å². The molecule has 2 N–H and O–H groups in total. The first-order chi connectivity index (χ1) is 10.1. The lowest BCUT2D eigenvalue weighted by molar-refractivity contribution is -0.165. The number of amides is 1. The Bertz CT molecular complexity index is 397. The van der Waals surface area contributed by atoms with Crippen molar-refractivity contribution in [2.75, 3.05) is 0 Å². The molecule has 0 radical (unpaired) electrons. The lowest BCUT2D eigenvalue weighted by Gasteiger charge is -2.27. The summed E-state index contributed by atoms with van der Waals surface area (Å²) in [6.45, 7) is 8.48. The van der Waals surface area contributed by atoms with Crippen molar-refractivity contribution in [2.45, 2.75) is 72.1 Å². The van der Waals surface area contributed by atoms with Gasteiger partial charge in [0.1, 0.15) is 5.54 Å². The van der Waals surface area contributed by atoms with E-state index in [4.69, 9.17) is 9.47 Å². The summed E-state index contributed by atoms with van der Waals surface area (Å²) >= 11 is 0. The topological polar surface area (TPSA) is 102 Å². The number of alkyl carbamates (subject to hydrolysis) is 1. The molecule has 0 spiro atoms. The summed E-state index contributed by atoms with van der Waals surface area (Å²) in [7, 11) is 0. The van der Waals surface area contributed by atoms with Crippen LogP contribution in [-0.4, -0.2) is 35.0 Å². The van der Waals surface area contributed by atoms with E-state index in [1.165, 1.54) is 13.8 Å². The summed E-state index contributed by atoms with van der Waals surface area (Å²) in [5.41, 5.74) is -1.42. The molecular formula is C15H27NO6. The first-order valence-corrected chi connectivity index (χ1v) is 7.56. The molecule has 0 fully saturated rings. The van der Waals surface area contributed by atoms with Gasteiger partial charge in [-0.3, -0.25) is 4.79 Å². The van der Waals surface area contributed by atoms with Crippen molar-refractivity contribution in [2.24, 2.45) is 5.92 Å². The van der Waals surface area contributed by atoms with Crippen LogP contribution in [0.15, 0.2) is 0 Å². The molecule has 0 saturated heterocycles. The maximum absolute atomic E-state index is 11.8. The van der Waals surface area contributed by atoms with E-state index >= 15 is 0 Å². The minimum absolute atomic E-state index is 0.164. The highest BCUT2D eigenvalue weighted by Crippen LogP contribution is 2.19. The smallest absolute Gasteiger partial charge is 0.411 e. The summed E-state index contributed by atoms with van der Waals surface area (Å²) in [6.07, 6.45) is 0.0574. The highest BCUT2D eigenvalue weighted by molar-refractivity contribution is 5.83. The largest absolute Gasteiger partial charge is 0.480 e. The van der Waals surface area contributed by atoms with E-state index < -0.39 is 29.9 Å². The number of carbonyl (C=O) groups excluding carboxylic acids is 2. The summed E-state index contributed by atoms with van der Waals surface area (Å²) in [6, 6.07) is 0. The Balaban J connectivity index is 4.57. The van der Waals surface area contributed by atoms with Crippen LogP contribution in [0.5, 0.6) is 0 Å². The molecule has 0 bridgehead atoms. The van der Waals surface area contributed by atoms with Crippen molar-refractivity contribution >= 4 is 18.0 Å². The fourth-order valence-electron chi connectivity index (χ4n) is 1.66. The molecule has 0 aromatic rings. The van der Waals surface area contributed by atoms with E-state index in [1.54, 1.807) is 6.92 Å². The first-order valence-electron chi connectivity index (χ1n) is 7.56. The van der Waals surface area contributed by atoms with E-state index in [0.29, 0.717) is 12.3 Å². The summed E-state index contributed by atoms with van der Waals surface area (Å²) in [5.74, 6) is -1.27. The number of carboxylic acid groups (broad SMARTS) is 1. The van der Waals surface area contributed by atoms with Crippen molar-refractivity contribution < 1.29 is 29.0 Å². The average molecular weight is 317 g/mol. The molecule has 0 saturated carbocycles. The van der Waals surface area contributed by atoms with Gasteiger partial charge < -0.3 is 19.9 Å². The van der Waals surface area contributed by atoms with Crippen LogP contribution in [0, 0.1) is 5.92 Å². The monoisotopic (exact) mass is 317 g/mol. The third-order valence-electron chi connectivity index (χ3n) is 3.54. The number of carbonyl (C=O) groups is 3. The third kappa shape index (κ3) is 7.28. The SMILES string of the molecule is CCC(=O)O[C@H](C)OC(=O)N[C@@](C)(CC[C@H](C)CC)C(=O)O. The van der Waals surface area contributed by atoms with Gasteiger partial charge in [-0.25, -0.2) is 9.59 Å². The lowest BCUT2D eigenvalue weighted by atomic mass is 9.90. The number of rotatable bonds is 9. The van der Waals surface area contributed by atoms with Gasteiger partial charge in [0.25, 0.3) is 0 Å². The summed E-state index contributed by atoms with van der Waals surface area (Å²) < 4.78 is 9.64. The van der Waals surface area contributed by atoms with Gasteiger partial charge in [0.15, 0.2) is 0 Å². The maximum atomic E-state index is 11.8. The van der Waals surface area contributed by atoms with Crippen LogP contribution in [0.25, 0.3) is 0 Å². The molecule has 128 valence electrons. The first kappa shape index (κ1) is 20.2. The molecule has 0 aliphatic rings. The molecule has 0 heterocycles. The molecule has 3 atom stereocenters. The van der Waals surface area contributed by atoms with E-state index in [-0.39, 0.29) is 12.8 Å². The molecule has 0 rings (SSSR count). The molecule has 22 heavy (non-hydrogen) atoms. The fourth-order valence-corrected chi connectivity index (χ4v) is 1.66. The number of aliphatic carboxylic acids is 1. The van der Waals surface area contributed by atoms with Crippen LogP contribution >= 0.6 is 0 Å². The Labute approximate surface area is 131 Å². The number of ether oxygens (including phenoxy) is 2. The van der Waals surface area contributed by atoms with E-state index in [2.05, 4.69) is 5.32 Å². The summed E-state index contributed by atoms with van der Waals surface area (Å²) in [4.78, 5) is 34.3. The van der Waals surface area contributed by atoms with E-state index in [9.17, 15) is 19.5 Å². The normalized spacial score (nSPS) is 16.0. The number of esters is 1. The number of nitrogens with one attached hydrogen (secondary N) is 1. The van der Waals surface area contributed by atoms with Crippen LogP contribution in [0.1, 0.15) is 60.3 Å². The summed E-state index contributed by atoms with van der Waals surface area (Å²) in [5, 5.41) is 11.7. The van der Waals surface area contributed by atoms with Gasteiger partial charge in [-0.2, -0.15) is 0 Å². The lowest BCUT2D eigenvalue weighted by Crippen LogP contribution is -2.53. The van der Waals surface area contributed by atoms with E-state index in [1.807, 2.05) is 13.8 Å². The molecule has 1 amide bonds. The predicted molar refractivity (Wildman–Crippen MR) is 80.2 cm³/mol. The van der Waals surface area contributed by atoms with Crippen LogP contribution in [0.2, 0.25) is 0 Å². The van der Waals surface area contributed by atoms with E-state index in [0.717, 1.165) is 6.42 Å². The average Bonchev–Trinajstić information content (AvgIpc) is 2.43. The molecule has 7 heteroatoms. The molecule has 7 nitrogen and oxygen atoms in total. The standard InChI is InChI=1S/C15H27NO6/c1-6-10(3)8-9-15(5,13(18)19)16-14(20)22-11(4)21-12(17)7-2/h10-11H,6-9H2,1-5H3,(H,16,20)(H,18,19)/t10-,11+,15+/m1/s1. The molecule has 0 aliphatic heterocycles. The van der Waals surface area contributed by atoms with Gasteiger partial charge in [0, 0.05) is 13.3 Å². The van der Waals surface area contributed by atoms with Crippen LogP contribution in [0.3, 0.4) is 0 Å². The van der Waals surface area contributed by atoms with Gasteiger partial charge in [0.05, 0.1) is 0 Å². The Morgan fingerprint density at radius 2 is 1.77 bits per heavy atom. The van der Waals surface area contributed by atoms with Gasteiger partial charge in [-0.05, 0) is 25.7 Å².